The third-order valence-corrected chi connectivity index (χ3v) is 5.44. The summed E-state index contributed by atoms with van der Waals surface area (Å²) in [7, 11) is -2.24. The number of carbonyl (C=O) groups excluding carboxylic acids is 2. The van der Waals surface area contributed by atoms with Crippen LogP contribution >= 0.6 is 0 Å². The Morgan fingerprint density at radius 2 is 1.74 bits per heavy atom. The van der Waals surface area contributed by atoms with Gasteiger partial charge in [-0.1, -0.05) is 12.1 Å². The molecule has 7 nitrogen and oxygen atoms in total. The number of anilines is 2. The normalized spacial score (nSPS) is 11.0. The van der Waals surface area contributed by atoms with Gasteiger partial charge in [0.05, 0.1) is 29.7 Å². The molecule has 0 aliphatic carbocycles. The fraction of sp³-hybridized carbons (Fsp3) is 0.263. The van der Waals surface area contributed by atoms with Gasteiger partial charge in [0.25, 0.3) is 5.91 Å². The number of amides is 1. The predicted molar refractivity (Wildman–Crippen MR) is 105 cm³/mol. The molecule has 2 aromatic carbocycles. The van der Waals surface area contributed by atoms with Crippen molar-refractivity contribution >= 4 is 33.3 Å². The number of benzene rings is 2. The predicted octanol–water partition coefficient (Wildman–Crippen LogP) is 3.10. The topological polar surface area (TPSA) is 102 Å². The van der Waals surface area contributed by atoms with Crippen LogP contribution < -0.4 is 10.0 Å². The van der Waals surface area contributed by atoms with Gasteiger partial charge in [-0.25, -0.2) is 13.2 Å². The number of methoxy groups -OCH3 is 1. The second-order valence-corrected chi connectivity index (χ2v) is 7.97. The van der Waals surface area contributed by atoms with Gasteiger partial charge in [-0.05, 0) is 56.2 Å². The van der Waals surface area contributed by atoms with Gasteiger partial charge >= 0.3 is 5.97 Å². The van der Waals surface area contributed by atoms with E-state index in [0.29, 0.717) is 11.3 Å². The minimum Gasteiger partial charge on any atom is -0.465 e. The van der Waals surface area contributed by atoms with E-state index in [1.54, 1.807) is 25.1 Å². The molecule has 0 radical (unpaired) electrons. The molecular weight excluding hydrogens is 368 g/mol. The molecule has 0 saturated heterocycles. The van der Waals surface area contributed by atoms with E-state index in [0.717, 1.165) is 11.1 Å². The summed E-state index contributed by atoms with van der Waals surface area (Å²) in [5, 5.41) is 2.71. The summed E-state index contributed by atoms with van der Waals surface area (Å²) in [5.74, 6) is -1.10. The quantitative estimate of drug-likeness (QED) is 0.738. The molecule has 0 bridgehead atoms. The van der Waals surface area contributed by atoms with Crippen molar-refractivity contribution in [3.63, 3.8) is 0 Å². The highest BCUT2D eigenvalue weighted by Crippen LogP contribution is 2.23. The zero-order valence-electron chi connectivity index (χ0n) is 15.6. The monoisotopic (exact) mass is 390 g/mol. The molecule has 0 atom stereocenters. The first-order valence-corrected chi connectivity index (χ1v) is 9.94. The number of rotatable bonds is 6. The Morgan fingerprint density at radius 3 is 2.37 bits per heavy atom. The van der Waals surface area contributed by atoms with Crippen LogP contribution in [-0.4, -0.2) is 33.2 Å². The fourth-order valence-electron chi connectivity index (χ4n) is 2.46. The van der Waals surface area contributed by atoms with Gasteiger partial charge in [0.2, 0.25) is 10.0 Å². The molecule has 2 aromatic rings. The molecule has 0 aromatic heterocycles. The Balaban J connectivity index is 2.36. The number of sulfonamides is 1. The largest absolute Gasteiger partial charge is 0.465 e. The Kier molecular flexibility index (Phi) is 6.22. The van der Waals surface area contributed by atoms with Crippen molar-refractivity contribution in [2.75, 3.05) is 22.9 Å². The summed E-state index contributed by atoms with van der Waals surface area (Å²) >= 11 is 0. The number of hydrogen-bond donors (Lipinski definition) is 2. The van der Waals surface area contributed by atoms with Crippen molar-refractivity contribution < 1.29 is 22.7 Å². The maximum absolute atomic E-state index is 12.7. The van der Waals surface area contributed by atoms with Crippen LogP contribution in [0.25, 0.3) is 0 Å². The minimum absolute atomic E-state index is 0.109. The molecule has 0 aliphatic heterocycles. The highest BCUT2D eigenvalue weighted by Gasteiger charge is 2.17. The Labute approximate surface area is 158 Å². The van der Waals surface area contributed by atoms with Crippen LogP contribution in [0.5, 0.6) is 0 Å². The summed E-state index contributed by atoms with van der Waals surface area (Å²) in [6.07, 6.45) is 0. The zero-order chi connectivity index (χ0) is 20.2. The Bertz CT molecular complexity index is 984. The lowest BCUT2D eigenvalue weighted by atomic mass is 10.0. The SMILES string of the molecule is CCS(=O)(=O)Nc1ccccc1C(=O)Nc1cc(C)c(C)c(C(=O)OC)c1. The standard InChI is InChI=1S/C19H22N2O5S/c1-5-27(24,25)21-17-9-7-6-8-15(17)18(22)20-14-10-12(2)13(3)16(11-14)19(23)26-4/h6-11,21H,5H2,1-4H3,(H,20,22). The molecule has 0 heterocycles. The summed E-state index contributed by atoms with van der Waals surface area (Å²) in [6.45, 7) is 5.12. The van der Waals surface area contributed by atoms with Crippen molar-refractivity contribution in [1.29, 1.82) is 0 Å². The van der Waals surface area contributed by atoms with Crippen LogP contribution in [0.1, 0.15) is 38.8 Å². The number of ether oxygens (including phenoxy) is 1. The molecular formula is C19H22N2O5S. The lowest BCUT2D eigenvalue weighted by Crippen LogP contribution is -2.19. The van der Waals surface area contributed by atoms with E-state index < -0.39 is 21.9 Å². The van der Waals surface area contributed by atoms with Crippen molar-refractivity contribution in [3.8, 4) is 0 Å². The number of nitrogens with one attached hydrogen (secondary N) is 2. The van der Waals surface area contributed by atoms with E-state index in [9.17, 15) is 18.0 Å². The van der Waals surface area contributed by atoms with Gasteiger partial charge in [0.15, 0.2) is 0 Å². The van der Waals surface area contributed by atoms with Crippen LogP contribution in [0.15, 0.2) is 36.4 Å². The molecule has 0 saturated carbocycles. The molecule has 27 heavy (non-hydrogen) atoms. The van der Waals surface area contributed by atoms with E-state index in [4.69, 9.17) is 4.74 Å². The molecule has 1 amide bonds. The van der Waals surface area contributed by atoms with Crippen LogP contribution in [0.3, 0.4) is 0 Å². The van der Waals surface area contributed by atoms with E-state index in [1.165, 1.54) is 32.2 Å². The molecule has 8 heteroatoms. The number of carbonyl (C=O) groups is 2. The Morgan fingerprint density at radius 1 is 1.07 bits per heavy atom. The summed E-state index contributed by atoms with van der Waals surface area (Å²) < 4.78 is 30.9. The second kappa shape index (κ2) is 8.22. The zero-order valence-corrected chi connectivity index (χ0v) is 16.4. The van der Waals surface area contributed by atoms with Gasteiger partial charge in [-0.3, -0.25) is 9.52 Å². The van der Waals surface area contributed by atoms with Crippen molar-refractivity contribution in [2.24, 2.45) is 0 Å². The number of esters is 1. The average molecular weight is 390 g/mol. The number of hydrogen-bond acceptors (Lipinski definition) is 5. The summed E-state index contributed by atoms with van der Waals surface area (Å²) in [5.41, 5.74) is 2.70. The first kappa shape index (κ1) is 20.4. The third-order valence-electron chi connectivity index (χ3n) is 4.15. The smallest absolute Gasteiger partial charge is 0.338 e. The maximum atomic E-state index is 12.7. The van der Waals surface area contributed by atoms with E-state index in [-0.39, 0.29) is 17.0 Å². The molecule has 2 rings (SSSR count). The molecule has 0 spiro atoms. The van der Waals surface area contributed by atoms with Gasteiger partial charge in [-0.15, -0.1) is 0 Å². The summed E-state index contributed by atoms with van der Waals surface area (Å²) in [6, 6.07) is 9.57. The average Bonchev–Trinajstić information content (AvgIpc) is 2.64. The lowest BCUT2D eigenvalue weighted by molar-refractivity contribution is 0.0599. The highest BCUT2D eigenvalue weighted by atomic mass is 32.2. The molecule has 144 valence electrons. The van der Waals surface area contributed by atoms with Gasteiger partial charge in [0, 0.05) is 5.69 Å². The van der Waals surface area contributed by atoms with E-state index in [2.05, 4.69) is 10.0 Å². The van der Waals surface area contributed by atoms with Gasteiger partial charge in [-0.2, -0.15) is 0 Å². The second-order valence-electron chi connectivity index (χ2n) is 5.96. The van der Waals surface area contributed by atoms with Crippen LogP contribution in [0, 0.1) is 13.8 Å². The first-order chi connectivity index (χ1) is 12.7. The van der Waals surface area contributed by atoms with E-state index >= 15 is 0 Å². The molecule has 2 N–H and O–H groups in total. The first-order valence-electron chi connectivity index (χ1n) is 8.29. The van der Waals surface area contributed by atoms with E-state index in [1.807, 2.05) is 6.92 Å². The molecule has 0 unspecified atom stereocenters. The van der Waals surface area contributed by atoms with Crippen molar-refractivity contribution in [2.45, 2.75) is 20.8 Å². The Hall–Kier alpha value is -2.87. The van der Waals surface area contributed by atoms with Crippen molar-refractivity contribution in [1.82, 2.24) is 0 Å². The highest BCUT2D eigenvalue weighted by molar-refractivity contribution is 7.92. The van der Waals surface area contributed by atoms with Gasteiger partial charge in [0.1, 0.15) is 0 Å². The van der Waals surface area contributed by atoms with Crippen LogP contribution in [0.2, 0.25) is 0 Å². The number of aryl methyl sites for hydroxylation is 1. The number of para-hydroxylation sites is 1. The molecule has 0 aliphatic rings. The van der Waals surface area contributed by atoms with Crippen LogP contribution in [0.4, 0.5) is 11.4 Å². The molecule has 0 fully saturated rings. The maximum Gasteiger partial charge on any atom is 0.338 e. The summed E-state index contributed by atoms with van der Waals surface area (Å²) in [4.78, 5) is 24.6. The fourth-order valence-corrected chi connectivity index (χ4v) is 3.12. The minimum atomic E-state index is -3.53. The van der Waals surface area contributed by atoms with Crippen LogP contribution in [-0.2, 0) is 14.8 Å². The van der Waals surface area contributed by atoms with Crippen molar-refractivity contribution in [3.05, 3.63) is 58.7 Å². The lowest BCUT2D eigenvalue weighted by Gasteiger charge is -2.14. The van der Waals surface area contributed by atoms with Gasteiger partial charge < -0.3 is 10.1 Å². The third kappa shape index (κ3) is 4.85.